The highest BCUT2D eigenvalue weighted by atomic mass is 35.5. The normalized spacial score (nSPS) is 17.0. The van der Waals surface area contributed by atoms with Gasteiger partial charge in [-0.1, -0.05) is 47.6 Å². The zero-order chi connectivity index (χ0) is 29.1. The molecule has 5 rings (SSSR count). The molecule has 1 atom stereocenters. The van der Waals surface area contributed by atoms with Crippen LogP contribution in [0.15, 0.2) is 69.6 Å². The second-order valence-corrected chi connectivity index (χ2v) is 11.8. The predicted molar refractivity (Wildman–Crippen MR) is 159 cm³/mol. The highest BCUT2D eigenvalue weighted by Gasteiger charge is 2.39. The number of nitriles is 2. The van der Waals surface area contributed by atoms with Gasteiger partial charge >= 0.3 is 5.97 Å². The lowest BCUT2D eigenvalue weighted by Gasteiger charge is -2.29. The van der Waals surface area contributed by atoms with Crippen molar-refractivity contribution in [2.75, 3.05) is 26.0 Å². The molecule has 1 unspecified atom stereocenters. The van der Waals surface area contributed by atoms with Gasteiger partial charge in [0.1, 0.15) is 28.5 Å². The number of ether oxygens (including phenoxy) is 2. The van der Waals surface area contributed by atoms with E-state index in [0.717, 1.165) is 34.7 Å². The summed E-state index contributed by atoms with van der Waals surface area (Å²) in [6.45, 7) is 3.39. The molecule has 208 valence electrons. The topological polar surface area (TPSA) is 125 Å². The van der Waals surface area contributed by atoms with Crippen molar-refractivity contribution in [2.45, 2.75) is 30.8 Å². The van der Waals surface area contributed by atoms with E-state index in [9.17, 15) is 15.3 Å². The molecule has 0 aliphatic carbocycles. The molecule has 0 spiro atoms. The SMILES string of the molecule is CCOC(=O)C1=C(CSc2nc3c(c(-c4cccs4)c2C#N)CN(C)CC3)OC(N)=C(C#N)C1c1ccccc1Cl. The highest BCUT2D eigenvalue weighted by molar-refractivity contribution is 7.99. The van der Waals surface area contributed by atoms with Crippen LogP contribution in [-0.2, 0) is 27.2 Å². The molecule has 0 radical (unpaired) electrons. The Morgan fingerprint density at radius 2 is 2.10 bits per heavy atom. The van der Waals surface area contributed by atoms with E-state index >= 15 is 0 Å². The molecule has 3 aromatic rings. The van der Waals surface area contributed by atoms with Gasteiger partial charge in [0.15, 0.2) is 0 Å². The average Bonchev–Trinajstić information content (AvgIpc) is 3.50. The van der Waals surface area contributed by atoms with Gasteiger partial charge in [-0.15, -0.1) is 11.3 Å². The summed E-state index contributed by atoms with van der Waals surface area (Å²) in [4.78, 5) is 21.5. The zero-order valence-electron chi connectivity index (χ0n) is 22.4. The number of benzene rings is 1. The standard InChI is InChI=1S/C30H26ClN5O3S2/c1-3-38-30(37)27-23(39-28(34)18(13-32)26(27)17-7-4-5-8-21(17)31)16-41-29-19(14-33)25(24-9-6-12-40-24)20-15-36(2)11-10-22(20)35-29/h4-9,12,26H,3,10-11,15-16,34H2,1-2H3. The van der Waals surface area contributed by atoms with Gasteiger partial charge in [-0.25, -0.2) is 9.78 Å². The first-order valence-electron chi connectivity index (χ1n) is 12.9. The number of aromatic nitrogens is 1. The Bertz CT molecular complexity index is 1650. The number of allylic oxidation sites excluding steroid dienone is 1. The Morgan fingerprint density at radius 3 is 2.78 bits per heavy atom. The molecule has 2 N–H and O–H groups in total. The summed E-state index contributed by atoms with van der Waals surface area (Å²) < 4.78 is 11.3. The van der Waals surface area contributed by atoms with Crippen molar-refractivity contribution in [1.82, 2.24) is 9.88 Å². The van der Waals surface area contributed by atoms with Gasteiger partial charge in [-0.3, -0.25) is 0 Å². The number of hydrogen-bond acceptors (Lipinski definition) is 10. The lowest BCUT2D eigenvalue weighted by molar-refractivity contribution is -0.139. The molecule has 41 heavy (non-hydrogen) atoms. The summed E-state index contributed by atoms with van der Waals surface area (Å²) in [5.74, 6) is -1.26. The molecular formula is C30H26ClN5O3S2. The van der Waals surface area contributed by atoms with Crippen LogP contribution in [0.1, 0.15) is 35.2 Å². The van der Waals surface area contributed by atoms with Crippen LogP contribution in [0.25, 0.3) is 10.4 Å². The first-order chi connectivity index (χ1) is 19.9. The minimum atomic E-state index is -0.874. The summed E-state index contributed by atoms with van der Waals surface area (Å²) in [5, 5.41) is 23.2. The Morgan fingerprint density at radius 1 is 1.29 bits per heavy atom. The van der Waals surface area contributed by atoms with Crippen LogP contribution < -0.4 is 5.73 Å². The molecule has 1 aromatic carbocycles. The maximum absolute atomic E-state index is 13.4. The Balaban J connectivity index is 1.62. The fraction of sp³-hybridized carbons (Fsp3) is 0.267. The lowest BCUT2D eigenvalue weighted by Crippen LogP contribution is -2.28. The first-order valence-corrected chi connectivity index (χ1v) is 15.1. The third kappa shape index (κ3) is 5.57. The fourth-order valence-electron chi connectivity index (χ4n) is 5.08. The van der Waals surface area contributed by atoms with Crippen molar-refractivity contribution in [2.24, 2.45) is 5.73 Å². The van der Waals surface area contributed by atoms with Gasteiger partial charge in [0.25, 0.3) is 0 Å². The minimum absolute atomic E-state index is 0.0728. The van der Waals surface area contributed by atoms with Crippen molar-refractivity contribution in [3.05, 3.63) is 92.0 Å². The van der Waals surface area contributed by atoms with E-state index in [2.05, 4.69) is 24.1 Å². The largest absolute Gasteiger partial charge is 0.463 e. The summed E-state index contributed by atoms with van der Waals surface area (Å²) in [6.07, 6.45) is 0.756. The molecule has 2 aromatic heterocycles. The van der Waals surface area contributed by atoms with E-state index in [-0.39, 0.29) is 35.1 Å². The number of fused-ring (bicyclic) bond motifs is 1. The summed E-state index contributed by atoms with van der Waals surface area (Å²) in [7, 11) is 2.06. The molecular weight excluding hydrogens is 578 g/mol. The van der Waals surface area contributed by atoms with Crippen molar-refractivity contribution >= 4 is 40.7 Å². The fourth-order valence-corrected chi connectivity index (χ4v) is 7.08. The predicted octanol–water partition coefficient (Wildman–Crippen LogP) is 5.74. The van der Waals surface area contributed by atoms with E-state index in [0.29, 0.717) is 27.7 Å². The third-order valence-corrected chi connectivity index (χ3v) is 9.14. The second kappa shape index (κ2) is 12.4. The van der Waals surface area contributed by atoms with E-state index in [1.54, 1.807) is 42.5 Å². The maximum atomic E-state index is 13.4. The molecule has 11 heteroatoms. The number of carbonyl (C=O) groups is 1. The quantitative estimate of drug-likeness (QED) is 0.266. The van der Waals surface area contributed by atoms with E-state index in [1.165, 1.54) is 11.8 Å². The Kier molecular flexibility index (Phi) is 8.67. The van der Waals surface area contributed by atoms with Crippen LogP contribution in [0.4, 0.5) is 0 Å². The van der Waals surface area contributed by atoms with Crippen LogP contribution in [-0.4, -0.2) is 41.8 Å². The number of likely N-dealkylation sites (N-methyl/N-ethyl adjacent to an activating group) is 1. The van der Waals surface area contributed by atoms with Crippen LogP contribution in [0.2, 0.25) is 5.02 Å². The molecule has 0 bridgehead atoms. The summed E-state index contributed by atoms with van der Waals surface area (Å²) in [5.41, 5.74) is 10.4. The van der Waals surface area contributed by atoms with Gasteiger partial charge in [0.05, 0.1) is 29.4 Å². The summed E-state index contributed by atoms with van der Waals surface area (Å²) in [6, 6.07) is 15.4. The molecule has 0 saturated heterocycles. The molecule has 4 heterocycles. The van der Waals surface area contributed by atoms with Crippen molar-refractivity contribution in [1.29, 1.82) is 10.5 Å². The number of carbonyl (C=O) groups excluding carboxylic acids is 1. The van der Waals surface area contributed by atoms with Crippen LogP contribution in [0.5, 0.6) is 0 Å². The van der Waals surface area contributed by atoms with E-state index in [4.69, 9.17) is 31.8 Å². The molecule has 0 saturated carbocycles. The van der Waals surface area contributed by atoms with Gasteiger partial charge in [0.2, 0.25) is 5.88 Å². The lowest BCUT2D eigenvalue weighted by atomic mass is 9.83. The van der Waals surface area contributed by atoms with Gasteiger partial charge < -0.3 is 20.1 Å². The number of halogens is 1. The number of nitrogens with two attached hydrogens (primary N) is 1. The van der Waals surface area contributed by atoms with Gasteiger partial charge in [-0.05, 0) is 42.6 Å². The number of esters is 1. The van der Waals surface area contributed by atoms with Crippen LogP contribution in [0, 0.1) is 22.7 Å². The van der Waals surface area contributed by atoms with Crippen molar-refractivity contribution < 1.29 is 14.3 Å². The Hall–Kier alpha value is -3.80. The zero-order valence-corrected chi connectivity index (χ0v) is 24.8. The highest BCUT2D eigenvalue weighted by Crippen LogP contribution is 2.44. The van der Waals surface area contributed by atoms with Crippen LogP contribution in [0.3, 0.4) is 0 Å². The number of thiophene rings is 1. The van der Waals surface area contributed by atoms with E-state index in [1.807, 2.05) is 17.5 Å². The maximum Gasteiger partial charge on any atom is 0.338 e. The first kappa shape index (κ1) is 28.7. The molecule has 2 aliphatic heterocycles. The second-order valence-electron chi connectivity index (χ2n) is 9.46. The number of nitrogens with zero attached hydrogens (tertiary/aromatic N) is 4. The van der Waals surface area contributed by atoms with Gasteiger partial charge in [0, 0.05) is 40.7 Å². The summed E-state index contributed by atoms with van der Waals surface area (Å²) >= 11 is 9.40. The Labute approximate surface area is 251 Å². The monoisotopic (exact) mass is 603 g/mol. The number of rotatable bonds is 7. The number of thioether (sulfide) groups is 1. The number of pyridine rings is 1. The van der Waals surface area contributed by atoms with Crippen molar-refractivity contribution in [3.8, 4) is 22.6 Å². The van der Waals surface area contributed by atoms with Gasteiger partial charge in [-0.2, -0.15) is 10.5 Å². The average molecular weight is 604 g/mol. The molecule has 0 amide bonds. The minimum Gasteiger partial charge on any atom is -0.463 e. The molecule has 0 fully saturated rings. The van der Waals surface area contributed by atoms with E-state index < -0.39 is 11.9 Å². The van der Waals surface area contributed by atoms with Crippen LogP contribution >= 0.6 is 34.7 Å². The van der Waals surface area contributed by atoms with Crippen molar-refractivity contribution in [3.63, 3.8) is 0 Å². The molecule has 2 aliphatic rings. The smallest absolute Gasteiger partial charge is 0.338 e. The third-order valence-electron chi connectivity index (χ3n) is 6.94. The molecule has 8 nitrogen and oxygen atoms in total. The number of hydrogen-bond donors (Lipinski definition) is 1.